The number of aliphatic hydroxyl groups excluding tert-OH is 1. The molecule has 1 unspecified atom stereocenters. The Hall–Kier alpha value is -0.770. The van der Waals surface area contributed by atoms with Crippen molar-refractivity contribution in [2.75, 3.05) is 24.6 Å². The van der Waals surface area contributed by atoms with Crippen LogP contribution in [0.1, 0.15) is 38.2 Å². The zero-order chi connectivity index (χ0) is 14.4. The van der Waals surface area contributed by atoms with Crippen LogP contribution in [0.25, 0.3) is 0 Å². The first-order chi connectivity index (χ1) is 9.76. The van der Waals surface area contributed by atoms with Crippen molar-refractivity contribution < 1.29 is 5.11 Å². The molecule has 0 bridgehead atoms. The average Bonchev–Trinajstić information content (AvgIpc) is 2.48. The second kappa shape index (κ2) is 7.87. The van der Waals surface area contributed by atoms with Crippen molar-refractivity contribution in [1.82, 2.24) is 5.32 Å². The Labute approximate surface area is 126 Å². The number of nitrogens with zero attached hydrogens (tertiary/aromatic N) is 1. The summed E-state index contributed by atoms with van der Waals surface area (Å²) in [5.74, 6) is 0. The van der Waals surface area contributed by atoms with Crippen LogP contribution < -0.4 is 10.2 Å². The van der Waals surface area contributed by atoms with Crippen molar-refractivity contribution in [2.45, 2.75) is 45.2 Å². The van der Waals surface area contributed by atoms with E-state index in [1.54, 1.807) is 0 Å². The third kappa shape index (κ3) is 3.87. The van der Waals surface area contributed by atoms with Crippen LogP contribution >= 0.6 is 11.6 Å². The number of hydrogen-bond acceptors (Lipinski definition) is 3. The number of anilines is 1. The van der Waals surface area contributed by atoms with Crippen LogP contribution in [0.15, 0.2) is 18.2 Å². The predicted molar refractivity (Wildman–Crippen MR) is 85.5 cm³/mol. The fourth-order valence-electron chi connectivity index (χ4n) is 2.88. The molecule has 3 nitrogen and oxygen atoms in total. The normalized spacial score (nSPS) is 19.4. The highest BCUT2D eigenvalue weighted by Crippen LogP contribution is 2.30. The van der Waals surface area contributed by atoms with Gasteiger partial charge in [0.05, 0.1) is 12.6 Å². The minimum atomic E-state index is 0.227. The van der Waals surface area contributed by atoms with Crippen LogP contribution in [0.3, 0.4) is 0 Å². The topological polar surface area (TPSA) is 35.5 Å². The molecule has 1 aromatic rings. The van der Waals surface area contributed by atoms with Crippen LogP contribution in [-0.2, 0) is 6.54 Å². The number of nitrogens with one attached hydrogen (secondary N) is 1. The molecular formula is C16H25ClN2O. The summed E-state index contributed by atoms with van der Waals surface area (Å²) in [6, 6.07) is 6.33. The van der Waals surface area contributed by atoms with E-state index in [0.29, 0.717) is 0 Å². The van der Waals surface area contributed by atoms with Crippen LogP contribution in [-0.4, -0.2) is 30.8 Å². The van der Waals surface area contributed by atoms with Gasteiger partial charge in [0, 0.05) is 23.8 Å². The summed E-state index contributed by atoms with van der Waals surface area (Å²) >= 11 is 6.14. The van der Waals surface area contributed by atoms with Crippen molar-refractivity contribution >= 4 is 17.3 Å². The Morgan fingerprint density at radius 1 is 1.40 bits per heavy atom. The molecule has 112 valence electrons. The molecule has 1 aliphatic heterocycles. The number of hydrogen-bond donors (Lipinski definition) is 2. The van der Waals surface area contributed by atoms with E-state index in [2.05, 4.69) is 23.2 Å². The number of benzene rings is 1. The summed E-state index contributed by atoms with van der Waals surface area (Å²) in [4.78, 5) is 2.35. The first-order valence-electron chi connectivity index (χ1n) is 7.63. The van der Waals surface area contributed by atoms with E-state index < -0.39 is 0 Å². The van der Waals surface area contributed by atoms with Crippen LogP contribution in [0.4, 0.5) is 5.69 Å². The van der Waals surface area contributed by atoms with Crippen LogP contribution in [0, 0.1) is 0 Å². The minimum Gasteiger partial charge on any atom is -0.394 e. The molecule has 2 rings (SSSR count). The lowest BCUT2D eigenvalue weighted by Gasteiger charge is -2.37. The highest BCUT2D eigenvalue weighted by molar-refractivity contribution is 6.30. The number of piperidine rings is 1. The van der Waals surface area contributed by atoms with Gasteiger partial charge in [0.1, 0.15) is 0 Å². The second-order valence-electron chi connectivity index (χ2n) is 5.48. The Bertz CT molecular complexity index is 425. The zero-order valence-electron chi connectivity index (χ0n) is 12.2. The molecule has 0 aromatic heterocycles. The van der Waals surface area contributed by atoms with Crippen molar-refractivity contribution in [3.63, 3.8) is 0 Å². The SMILES string of the molecule is CCCNCc1cc(Cl)ccc1N1CCCCC1CO. The Morgan fingerprint density at radius 2 is 2.25 bits per heavy atom. The van der Waals surface area contributed by atoms with E-state index in [1.807, 2.05) is 12.1 Å². The summed E-state index contributed by atoms with van der Waals surface area (Å²) in [6.07, 6.45) is 4.60. The Morgan fingerprint density at radius 3 is 3.00 bits per heavy atom. The molecule has 1 aromatic carbocycles. The maximum absolute atomic E-state index is 9.60. The van der Waals surface area contributed by atoms with Gasteiger partial charge in [-0.3, -0.25) is 0 Å². The lowest BCUT2D eigenvalue weighted by molar-refractivity contribution is 0.240. The van der Waals surface area contributed by atoms with E-state index in [-0.39, 0.29) is 12.6 Å². The van der Waals surface area contributed by atoms with Crippen LogP contribution in [0.5, 0.6) is 0 Å². The van der Waals surface area contributed by atoms with E-state index in [4.69, 9.17) is 11.6 Å². The van der Waals surface area contributed by atoms with Crippen molar-refractivity contribution in [3.05, 3.63) is 28.8 Å². The third-order valence-electron chi connectivity index (χ3n) is 3.93. The molecule has 0 saturated carbocycles. The van der Waals surface area contributed by atoms with E-state index in [9.17, 15) is 5.11 Å². The average molecular weight is 297 g/mol. The van der Waals surface area contributed by atoms with Gasteiger partial charge in [-0.2, -0.15) is 0 Å². The molecule has 2 N–H and O–H groups in total. The highest BCUT2D eigenvalue weighted by Gasteiger charge is 2.23. The van der Waals surface area contributed by atoms with Crippen molar-refractivity contribution in [2.24, 2.45) is 0 Å². The van der Waals surface area contributed by atoms with Gasteiger partial charge in [0.2, 0.25) is 0 Å². The lowest BCUT2D eigenvalue weighted by Crippen LogP contribution is -2.42. The standard InChI is InChI=1S/C16H25ClN2O/c1-2-8-18-11-13-10-14(17)6-7-16(13)19-9-4-3-5-15(19)12-20/h6-7,10,15,18,20H,2-5,8-9,11-12H2,1H3. The summed E-state index contributed by atoms with van der Waals surface area (Å²) in [5, 5.41) is 13.8. The quantitative estimate of drug-likeness (QED) is 0.792. The van der Waals surface area contributed by atoms with Gasteiger partial charge >= 0.3 is 0 Å². The number of rotatable bonds is 6. The fourth-order valence-corrected chi connectivity index (χ4v) is 3.08. The molecular weight excluding hydrogens is 272 g/mol. The molecule has 0 amide bonds. The molecule has 0 spiro atoms. The first kappa shape index (κ1) is 15.6. The maximum Gasteiger partial charge on any atom is 0.0635 e. The number of halogens is 1. The van der Waals surface area contributed by atoms with Crippen LogP contribution in [0.2, 0.25) is 5.02 Å². The molecule has 1 aliphatic rings. The Balaban J connectivity index is 2.19. The number of aliphatic hydroxyl groups is 1. The summed E-state index contributed by atoms with van der Waals surface area (Å²) in [5.41, 5.74) is 2.45. The molecule has 20 heavy (non-hydrogen) atoms. The largest absolute Gasteiger partial charge is 0.394 e. The zero-order valence-corrected chi connectivity index (χ0v) is 13.0. The lowest BCUT2D eigenvalue weighted by atomic mass is 10.00. The first-order valence-corrected chi connectivity index (χ1v) is 8.00. The van der Waals surface area contributed by atoms with Gasteiger partial charge in [-0.05, 0) is 56.0 Å². The van der Waals surface area contributed by atoms with E-state index in [1.165, 1.54) is 24.1 Å². The van der Waals surface area contributed by atoms with Gasteiger partial charge in [0.25, 0.3) is 0 Å². The summed E-state index contributed by atoms with van der Waals surface area (Å²) in [7, 11) is 0. The van der Waals surface area contributed by atoms with Crippen molar-refractivity contribution in [3.8, 4) is 0 Å². The summed E-state index contributed by atoms with van der Waals surface area (Å²) < 4.78 is 0. The molecule has 0 aliphatic carbocycles. The van der Waals surface area contributed by atoms with E-state index in [0.717, 1.165) is 37.5 Å². The third-order valence-corrected chi connectivity index (χ3v) is 4.17. The van der Waals surface area contributed by atoms with Gasteiger partial charge < -0.3 is 15.3 Å². The molecule has 0 radical (unpaired) electrons. The molecule has 1 heterocycles. The predicted octanol–water partition coefficient (Wildman–Crippen LogP) is 3.19. The minimum absolute atomic E-state index is 0.227. The maximum atomic E-state index is 9.60. The molecule has 1 atom stereocenters. The second-order valence-corrected chi connectivity index (χ2v) is 5.91. The van der Waals surface area contributed by atoms with Gasteiger partial charge in [-0.15, -0.1) is 0 Å². The monoisotopic (exact) mass is 296 g/mol. The molecule has 1 saturated heterocycles. The smallest absolute Gasteiger partial charge is 0.0635 e. The van der Waals surface area contributed by atoms with E-state index >= 15 is 0 Å². The highest BCUT2D eigenvalue weighted by atomic mass is 35.5. The van der Waals surface area contributed by atoms with Gasteiger partial charge in [0.15, 0.2) is 0 Å². The molecule has 1 fully saturated rings. The fraction of sp³-hybridized carbons (Fsp3) is 0.625. The summed E-state index contributed by atoms with van der Waals surface area (Å²) in [6.45, 7) is 5.25. The van der Waals surface area contributed by atoms with Crippen molar-refractivity contribution in [1.29, 1.82) is 0 Å². The Kier molecular flexibility index (Phi) is 6.14. The van der Waals surface area contributed by atoms with Gasteiger partial charge in [-0.1, -0.05) is 18.5 Å². The van der Waals surface area contributed by atoms with Gasteiger partial charge in [-0.25, -0.2) is 0 Å². The molecule has 4 heteroatoms.